The van der Waals surface area contributed by atoms with Crippen molar-refractivity contribution in [3.63, 3.8) is 0 Å². The van der Waals surface area contributed by atoms with Crippen LogP contribution in [0.4, 0.5) is 0 Å². The molecule has 0 fully saturated rings. The molecule has 0 bridgehead atoms. The molecule has 0 aliphatic heterocycles. The first kappa shape index (κ1) is 6.59. The third-order valence-electron chi connectivity index (χ3n) is 0.837. The van der Waals surface area contributed by atoms with Gasteiger partial charge in [0.05, 0.1) is 3.79 Å². The molecule has 8 heavy (non-hydrogen) atoms. The second kappa shape index (κ2) is 2.85. The predicted molar refractivity (Wildman–Crippen MR) is 41.6 cm³/mol. The summed E-state index contributed by atoms with van der Waals surface area (Å²) in [5.74, 6) is 0.601. The predicted octanol–water partition coefficient (Wildman–Crippen LogP) is 3.25. The Balaban J connectivity index is 2.92. The zero-order valence-corrected chi connectivity index (χ0v) is 7.18. The summed E-state index contributed by atoms with van der Waals surface area (Å²) in [6.07, 6.45) is 0. The highest BCUT2D eigenvalue weighted by atomic mass is 79.9. The lowest BCUT2D eigenvalue weighted by molar-refractivity contribution is 1.44. The van der Waals surface area contributed by atoms with Crippen LogP contribution in [-0.4, -0.2) is 0 Å². The van der Waals surface area contributed by atoms with Gasteiger partial charge in [-0.2, -0.15) is 0 Å². The summed E-state index contributed by atoms with van der Waals surface area (Å²) in [6.45, 7) is 0. The molecule has 0 nitrogen and oxygen atoms in total. The van der Waals surface area contributed by atoms with E-state index >= 15 is 0 Å². The van der Waals surface area contributed by atoms with E-state index in [0.29, 0.717) is 5.88 Å². The normalized spacial score (nSPS) is 9.75. The SMILES string of the molecule is ClCc1ccsc1Br. The van der Waals surface area contributed by atoms with Crippen LogP contribution >= 0.6 is 38.9 Å². The Morgan fingerprint density at radius 3 is 2.75 bits per heavy atom. The van der Waals surface area contributed by atoms with Gasteiger partial charge in [-0.3, -0.25) is 0 Å². The summed E-state index contributed by atoms with van der Waals surface area (Å²) < 4.78 is 1.15. The fourth-order valence-corrected chi connectivity index (χ4v) is 2.12. The summed E-state index contributed by atoms with van der Waals surface area (Å²) in [5.41, 5.74) is 1.18. The number of thiophene rings is 1. The van der Waals surface area contributed by atoms with E-state index in [0.717, 1.165) is 3.79 Å². The van der Waals surface area contributed by atoms with E-state index in [4.69, 9.17) is 11.6 Å². The van der Waals surface area contributed by atoms with Crippen LogP contribution in [0.5, 0.6) is 0 Å². The lowest BCUT2D eigenvalue weighted by Crippen LogP contribution is -1.66. The van der Waals surface area contributed by atoms with Crippen molar-refractivity contribution in [3.8, 4) is 0 Å². The maximum atomic E-state index is 5.55. The van der Waals surface area contributed by atoms with Crippen molar-refractivity contribution < 1.29 is 0 Å². The molecule has 0 saturated heterocycles. The van der Waals surface area contributed by atoms with E-state index < -0.39 is 0 Å². The van der Waals surface area contributed by atoms with Gasteiger partial charge in [0.25, 0.3) is 0 Å². The van der Waals surface area contributed by atoms with Crippen molar-refractivity contribution in [3.05, 3.63) is 20.8 Å². The lowest BCUT2D eigenvalue weighted by Gasteiger charge is -1.84. The van der Waals surface area contributed by atoms with Crippen LogP contribution in [0.2, 0.25) is 0 Å². The molecule has 1 rings (SSSR count). The molecule has 0 unspecified atom stereocenters. The second-order valence-electron chi connectivity index (χ2n) is 1.35. The molecule has 44 valence electrons. The molecule has 0 amide bonds. The van der Waals surface area contributed by atoms with E-state index in [1.165, 1.54) is 5.56 Å². The van der Waals surface area contributed by atoms with Crippen LogP contribution in [0.1, 0.15) is 5.56 Å². The highest BCUT2D eigenvalue weighted by molar-refractivity contribution is 9.11. The van der Waals surface area contributed by atoms with Gasteiger partial charge in [-0.05, 0) is 32.9 Å². The van der Waals surface area contributed by atoms with Gasteiger partial charge in [0.1, 0.15) is 0 Å². The first-order chi connectivity index (χ1) is 3.84. The Labute approximate surface area is 65.6 Å². The standard InChI is InChI=1S/C5H4BrClS/c6-5-4(3-7)1-2-8-5/h1-2H,3H2. The summed E-state index contributed by atoms with van der Waals surface area (Å²) >= 11 is 10.6. The molecular weight excluding hydrogens is 207 g/mol. The third-order valence-corrected chi connectivity index (χ3v) is 2.94. The van der Waals surface area contributed by atoms with Crippen molar-refractivity contribution in [1.29, 1.82) is 0 Å². The molecule has 0 aliphatic carbocycles. The Kier molecular flexibility index (Phi) is 2.35. The zero-order chi connectivity index (χ0) is 5.98. The molecule has 3 heteroatoms. The van der Waals surface area contributed by atoms with Crippen LogP contribution in [0.3, 0.4) is 0 Å². The van der Waals surface area contributed by atoms with Gasteiger partial charge in [0.15, 0.2) is 0 Å². The number of hydrogen-bond donors (Lipinski definition) is 0. The maximum Gasteiger partial charge on any atom is 0.0742 e. The monoisotopic (exact) mass is 210 g/mol. The summed E-state index contributed by atoms with van der Waals surface area (Å²) in [5, 5.41) is 2.02. The number of rotatable bonds is 1. The minimum absolute atomic E-state index is 0.601. The first-order valence-corrected chi connectivity index (χ1v) is 4.33. The minimum Gasteiger partial charge on any atom is -0.136 e. The summed E-state index contributed by atoms with van der Waals surface area (Å²) in [6, 6.07) is 2.02. The molecular formula is C5H4BrClS. The molecule has 0 saturated carbocycles. The van der Waals surface area contributed by atoms with Crippen LogP contribution in [0.15, 0.2) is 15.2 Å². The summed E-state index contributed by atoms with van der Waals surface area (Å²) in [7, 11) is 0. The average molecular weight is 212 g/mol. The fourth-order valence-electron chi connectivity index (χ4n) is 0.414. The number of hydrogen-bond acceptors (Lipinski definition) is 1. The van der Waals surface area contributed by atoms with Crippen LogP contribution in [0.25, 0.3) is 0 Å². The van der Waals surface area contributed by atoms with Crippen molar-refractivity contribution in [2.24, 2.45) is 0 Å². The second-order valence-corrected chi connectivity index (χ2v) is 3.85. The highest BCUT2D eigenvalue weighted by Crippen LogP contribution is 2.24. The lowest BCUT2D eigenvalue weighted by atomic mass is 10.4. The molecule has 0 N–H and O–H groups in total. The van der Waals surface area contributed by atoms with Gasteiger partial charge in [-0.1, -0.05) is 0 Å². The molecule has 0 aromatic carbocycles. The van der Waals surface area contributed by atoms with E-state index in [1.807, 2.05) is 11.4 Å². The number of halogens is 2. The van der Waals surface area contributed by atoms with Gasteiger partial charge in [0.2, 0.25) is 0 Å². The van der Waals surface area contributed by atoms with Crippen molar-refractivity contribution in [2.75, 3.05) is 0 Å². The Morgan fingerprint density at radius 1 is 1.75 bits per heavy atom. The summed E-state index contributed by atoms with van der Waals surface area (Å²) in [4.78, 5) is 0. The molecule has 1 aromatic rings. The number of alkyl halides is 1. The van der Waals surface area contributed by atoms with E-state index in [9.17, 15) is 0 Å². The van der Waals surface area contributed by atoms with Gasteiger partial charge < -0.3 is 0 Å². The molecule has 0 aliphatic rings. The largest absolute Gasteiger partial charge is 0.136 e. The van der Waals surface area contributed by atoms with Crippen molar-refractivity contribution >= 4 is 38.9 Å². The van der Waals surface area contributed by atoms with Crippen LogP contribution in [0, 0.1) is 0 Å². The van der Waals surface area contributed by atoms with Gasteiger partial charge >= 0.3 is 0 Å². The highest BCUT2D eigenvalue weighted by Gasteiger charge is 1.95. The fraction of sp³-hybridized carbons (Fsp3) is 0.200. The maximum absolute atomic E-state index is 5.55. The van der Waals surface area contributed by atoms with E-state index in [-0.39, 0.29) is 0 Å². The Morgan fingerprint density at radius 2 is 2.50 bits per heavy atom. The van der Waals surface area contributed by atoms with Crippen molar-refractivity contribution in [1.82, 2.24) is 0 Å². The quantitative estimate of drug-likeness (QED) is 0.626. The molecule has 0 atom stereocenters. The van der Waals surface area contributed by atoms with Gasteiger partial charge in [0, 0.05) is 5.88 Å². The van der Waals surface area contributed by atoms with Crippen LogP contribution < -0.4 is 0 Å². The average Bonchev–Trinajstić information content (AvgIpc) is 2.14. The molecule has 0 spiro atoms. The Bertz CT molecular complexity index is 173. The topological polar surface area (TPSA) is 0 Å². The van der Waals surface area contributed by atoms with Gasteiger partial charge in [-0.15, -0.1) is 22.9 Å². The minimum atomic E-state index is 0.601. The van der Waals surface area contributed by atoms with E-state index in [1.54, 1.807) is 11.3 Å². The van der Waals surface area contributed by atoms with E-state index in [2.05, 4.69) is 15.9 Å². The smallest absolute Gasteiger partial charge is 0.0742 e. The van der Waals surface area contributed by atoms with Crippen molar-refractivity contribution in [2.45, 2.75) is 5.88 Å². The molecule has 0 radical (unpaired) electrons. The zero-order valence-electron chi connectivity index (χ0n) is 4.03. The molecule has 1 aromatic heterocycles. The van der Waals surface area contributed by atoms with Gasteiger partial charge in [-0.25, -0.2) is 0 Å². The first-order valence-electron chi connectivity index (χ1n) is 2.12. The third kappa shape index (κ3) is 1.24. The Hall–Kier alpha value is 0.470. The van der Waals surface area contributed by atoms with Crippen LogP contribution in [-0.2, 0) is 5.88 Å². The molecule has 1 heterocycles.